The summed E-state index contributed by atoms with van der Waals surface area (Å²) in [6.45, 7) is 2.13. The number of piperidine rings is 1. The van der Waals surface area contributed by atoms with Crippen LogP contribution in [0.5, 0.6) is 0 Å². The van der Waals surface area contributed by atoms with Crippen molar-refractivity contribution in [2.24, 2.45) is 0 Å². The smallest absolute Gasteiger partial charge is 0.315 e. The van der Waals surface area contributed by atoms with Crippen LogP contribution >= 0.6 is 0 Å². The topological polar surface area (TPSA) is 44.4 Å². The van der Waals surface area contributed by atoms with Gasteiger partial charge < -0.3 is 15.5 Å². The highest BCUT2D eigenvalue weighted by molar-refractivity contribution is 5.75. The molecule has 1 atom stereocenters. The van der Waals surface area contributed by atoms with E-state index in [-0.39, 0.29) is 12.1 Å². The number of carbonyl (C=O) groups is 1. The first-order valence-corrected chi connectivity index (χ1v) is 7.56. The summed E-state index contributed by atoms with van der Waals surface area (Å²) in [6.07, 6.45) is 4.17. The second kappa shape index (κ2) is 5.83. The highest BCUT2D eigenvalue weighted by Crippen LogP contribution is 2.30. The first-order chi connectivity index (χ1) is 9.72. The lowest BCUT2D eigenvalue weighted by atomic mass is 10.1. The van der Waals surface area contributed by atoms with Crippen LogP contribution in [0.2, 0.25) is 0 Å². The molecule has 0 aromatic heterocycles. The van der Waals surface area contributed by atoms with Gasteiger partial charge in [-0.3, -0.25) is 0 Å². The maximum absolute atomic E-state index is 12.1. The molecular weight excluding hydrogens is 250 g/mol. The predicted molar refractivity (Wildman–Crippen MR) is 79.7 cm³/mol. The van der Waals surface area contributed by atoms with Gasteiger partial charge >= 0.3 is 6.03 Å². The molecule has 20 heavy (non-hydrogen) atoms. The number of amides is 2. The third kappa shape index (κ3) is 2.96. The Morgan fingerprint density at radius 1 is 1.15 bits per heavy atom. The Labute approximate surface area is 120 Å². The van der Waals surface area contributed by atoms with Gasteiger partial charge in [0.1, 0.15) is 0 Å². The van der Waals surface area contributed by atoms with E-state index in [1.807, 2.05) is 6.07 Å². The molecule has 0 radical (unpaired) electrons. The number of rotatable bonds is 2. The fourth-order valence-electron chi connectivity index (χ4n) is 3.25. The van der Waals surface area contributed by atoms with Crippen molar-refractivity contribution in [3.05, 3.63) is 35.4 Å². The first-order valence-electron chi connectivity index (χ1n) is 7.56. The summed E-state index contributed by atoms with van der Waals surface area (Å²) in [6, 6.07) is 8.89. The van der Waals surface area contributed by atoms with E-state index in [1.165, 1.54) is 11.1 Å². The predicted octanol–water partition coefficient (Wildman–Crippen LogP) is 2.07. The molecule has 1 aliphatic heterocycles. The number of urea groups is 1. The second-order valence-corrected chi connectivity index (χ2v) is 5.99. The highest BCUT2D eigenvalue weighted by atomic mass is 16.2. The van der Waals surface area contributed by atoms with E-state index >= 15 is 0 Å². The highest BCUT2D eigenvalue weighted by Gasteiger charge is 2.25. The molecule has 2 aliphatic rings. The molecule has 4 heteroatoms. The number of hydrogen-bond acceptors (Lipinski definition) is 2. The Hall–Kier alpha value is -1.55. The molecule has 1 aromatic carbocycles. The summed E-state index contributed by atoms with van der Waals surface area (Å²) < 4.78 is 0. The van der Waals surface area contributed by atoms with Crippen molar-refractivity contribution in [2.75, 3.05) is 20.1 Å². The van der Waals surface area contributed by atoms with E-state index in [9.17, 15) is 4.79 Å². The Morgan fingerprint density at radius 2 is 1.90 bits per heavy atom. The van der Waals surface area contributed by atoms with Crippen LogP contribution in [0.25, 0.3) is 0 Å². The standard InChI is InChI=1S/C16H23N3O/c1-19-10-8-13(9-11-19)17-16(20)18-15-7-6-12-4-2-3-5-14(12)15/h2-5,13,15H,6-11H2,1H3,(H2,17,18,20). The molecule has 0 saturated carbocycles. The van der Waals surface area contributed by atoms with Gasteiger partial charge in [0.25, 0.3) is 0 Å². The van der Waals surface area contributed by atoms with Crippen molar-refractivity contribution in [1.82, 2.24) is 15.5 Å². The van der Waals surface area contributed by atoms with E-state index in [1.54, 1.807) is 0 Å². The van der Waals surface area contributed by atoms with Crippen molar-refractivity contribution in [3.8, 4) is 0 Å². The van der Waals surface area contributed by atoms with Gasteiger partial charge in [-0.25, -0.2) is 4.79 Å². The van der Waals surface area contributed by atoms with Crippen LogP contribution in [-0.2, 0) is 6.42 Å². The Morgan fingerprint density at radius 3 is 2.70 bits per heavy atom. The molecule has 1 unspecified atom stereocenters. The molecule has 108 valence electrons. The van der Waals surface area contributed by atoms with E-state index < -0.39 is 0 Å². The lowest BCUT2D eigenvalue weighted by Crippen LogP contribution is -2.47. The quantitative estimate of drug-likeness (QED) is 0.866. The van der Waals surface area contributed by atoms with Crippen LogP contribution in [0.15, 0.2) is 24.3 Å². The number of carbonyl (C=O) groups excluding carboxylic acids is 1. The maximum Gasteiger partial charge on any atom is 0.315 e. The van der Waals surface area contributed by atoms with Crippen molar-refractivity contribution in [3.63, 3.8) is 0 Å². The number of hydrogen-bond donors (Lipinski definition) is 2. The van der Waals surface area contributed by atoms with Crippen molar-refractivity contribution in [2.45, 2.75) is 37.8 Å². The summed E-state index contributed by atoms with van der Waals surface area (Å²) >= 11 is 0. The number of nitrogens with zero attached hydrogens (tertiary/aromatic N) is 1. The van der Waals surface area contributed by atoms with Gasteiger partial charge in [0.15, 0.2) is 0 Å². The Kier molecular flexibility index (Phi) is 3.92. The van der Waals surface area contributed by atoms with Gasteiger partial charge in [0.2, 0.25) is 0 Å². The average molecular weight is 273 g/mol. The van der Waals surface area contributed by atoms with Crippen molar-refractivity contribution < 1.29 is 4.79 Å². The number of aryl methyl sites for hydroxylation is 1. The molecule has 1 saturated heterocycles. The van der Waals surface area contributed by atoms with Crippen LogP contribution in [0, 0.1) is 0 Å². The first kappa shape index (κ1) is 13.4. The maximum atomic E-state index is 12.1. The van der Waals surface area contributed by atoms with Crippen LogP contribution in [0.3, 0.4) is 0 Å². The third-order valence-corrected chi connectivity index (χ3v) is 4.49. The monoisotopic (exact) mass is 273 g/mol. The molecule has 1 heterocycles. The fraction of sp³-hybridized carbons (Fsp3) is 0.562. The molecule has 1 fully saturated rings. The summed E-state index contributed by atoms with van der Waals surface area (Å²) in [5, 5.41) is 6.25. The fourth-order valence-corrected chi connectivity index (χ4v) is 3.25. The van der Waals surface area contributed by atoms with Gasteiger partial charge in [0.05, 0.1) is 6.04 Å². The number of likely N-dealkylation sites (tertiary alicyclic amines) is 1. The minimum Gasteiger partial charge on any atom is -0.335 e. The zero-order chi connectivity index (χ0) is 13.9. The number of nitrogens with one attached hydrogen (secondary N) is 2. The van der Waals surface area contributed by atoms with Crippen LogP contribution in [0.1, 0.15) is 36.4 Å². The van der Waals surface area contributed by atoms with Gasteiger partial charge in [-0.15, -0.1) is 0 Å². The van der Waals surface area contributed by atoms with Gasteiger partial charge in [-0.05, 0) is 56.9 Å². The number of benzene rings is 1. The largest absolute Gasteiger partial charge is 0.335 e. The van der Waals surface area contributed by atoms with E-state index in [0.29, 0.717) is 6.04 Å². The minimum absolute atomic E-state index is 0.0127. The molecule has 1 aromatic rings. The summed E-state index contributed by atoms with van der Waals surface area (Å²) in [4.78, 5) is 14.4. The van der Waals surface area contributed by atoms with Crippen LogP contribution in [0.4, 0.5) is 4.79 Å². The van der Waals surface area contributed by atoms with Crippen LogP contribution < -0.4 is 10.6 Å². The minimum atomic E-state index is -0.0127. The number of fused-ring (bicyclic) bond motifs is 1. The van der Waals surface area contributed by atoms with Crippen LogP contribution in [-0.4, -0.2) is 37.1 Å². The van der Waals surface area contributed by atoms with Gasteiger partial charge in [-0.2, -0.15) is 0 Å². The normalized spacial score (nSPS) is 23.4. The van der Waals surface area contributed by atoms with E-state index in [4.69, 9.17) is 0 Å². The molecule has 2 N–H and O–H groups in total. The van der Waals surface area contributed by atoms with Gasteiger partial charge in [-0.1, -0.05) is 24.3 Å². The molecular formula is C16H23N3O. The molecule has 1 aliphatic carbocycles. The van der Waals surface area contributed by atoms with Crippen molar-refractivity contribution >= 4 is 6.03 Å². The molecule has 2 amide bonds. The molecule has 0 bridgehead atoms. The van der Waals surface area contributed by atoms with Crippen molar-refractivity contribution in [1.29, 1.82) is 0 Å². The summed E-state index contributed by atoms with van der Waals surface area (Å²) in [7, 11) is 2.13. The Bertz CT molecular complexity index is 480. The second-order valence-electron chi connectivity index (χ2n) is 5.99. The third-order valence-electron chi connectivity index (χ3n) is 4.49. The lowest BCUT2D eigenvalue weighted by molar-refractivity contribution is 0.211. The molecule has 0 spiro atoms. The van der Waals surface area contributed by atoms with E-state index in [0.717, 1.165) is 38.8 Å². The summed E-state index contributed by atoms with van der Waals surface area (Å²) in [5.41, 5.74) is 2.66. The lowest BCUT2D eigenvalue weighted by Gasteiger charge is -2.29. The SMILES string of the molecule is CN1CCC(NC(=O)NC2CCc3ccccc32)CC1. The van der Waals surface area contributed by atoms with E-state index in [2.05, 4.69) is 40.8 Å². The summed E-state index contributed by atoms with van der Waals surface area (Å²) in [5.74, 6) is 0. The Balaban J connectivity index is 1.53. The zero-order valence-corrected chi connectivity index (χ0v) is 12.1. The zero-order valence-electron chi connectivity index (χ0n) is 12.1. The molecule has 3 rings (SSSR count). The molecule has 4 nitrogen and oxygen atoms in total. The average Bonchev–Trinajstić information content (AvgIpc) is 2.85. The van der Waals surface area contributed by atoms with Gasteiger partial charge in [0, 0.05) is 6.04 Å².